The number of hydrogen-bond donors (Lipinski definition) is 0. The van der Waals surface area contributed by atoms with Crippen LogP contribution in [0.5, 0.6) is 11.5 Å². The van der Waals surface area contributed by atoms with E-state index in [1.54, 1.807) is 16.4 Å². The van der Waals surface area contributed by atoms with E-state index in [0.717, 1.165) is 49.3 Å². The van der Waals surface area contributed by atoms with E-state index in [0.29, 0.717) is 45.3 Å². The largest absolute Gasteiger partial charge is 0.454 e. The fourth-order valence-electron chi connectivity index (χ4n) is 5.13. The first-order valence-electron chi connectivity index (χ1n) is 12.9. The zero-order valence-corrected chi connectivity index (χ0v) is 23.4. The van der Waals surface area contributed by atoms with E-state index in [9.17, 15) is 14.9 Å². The van der Waals surface area contributed by atoms with Crippen molar-refractivity contribution in [3.8, 4) is 17.6 Å². The first-order valence-corrected chi connectivity index (χ1v) is 14.1. The number of amides is 1. The van der Waals surface area contributed by atoms with Gasteiger partial charge in [0.1, 0.15) is 21.8 Å². The van der Waals surface area contributed by atoms with Crippen LogP contribution in [0.2, 0.25) is 0 Å². The number of fused-ring (bicyclic) bond motifs is 1. The predicted octanol–water partition coefficient (Wildman–Crippen LogP) is 4.80. The van der Waals surface area contributed by atoms with E-state index in [2.05, 4.69) is 17.9 Å². The zero-order valence-electron chi connectivity index (χ0n) is 21.8. The number of thiocarbonyl (C=S) groups is 1. The van der Waals surface area contributed by atoms with Crippen molar-refractivity contribution in [1.82, 2.24) is 9.47 Å². The van der Waals surface area contributed by atoms with Crippen LogP contribution in [0.4, 0.5) is 5.82 Å². The lowest BCUT2D eigenvalue weighted by molar-refractivity contribution is -0.122. The van der Waals surface area contributed by atoms with Crippen LogP contribution in [0.1, 0.15) is 55.4 Å². The van der Waals surface area contributed by atoms with Gasteiger partial charge in [0, 0.05) is 25.2 Å². The lowest BCUT2D eigenvalue weighted by atomic mass is 9.97. The van der Waals surface area contributed by atoms with Crippen LogP contribution in [-0.4, -0.2) is 39.6 Å². The summed E-state index contributed by atoms with van der Waals surface area (Å²) in [5, 5.41) is 9.86. The number of anilines is 1. The van der Waals surface area contributed by atoms with Crippen LogP contribution in [0, 0.1) is 24.2 Å². The van der Waals surface area contributed by atoms with Crippen molar-refractivity contribution in [2.45, 2.75) is 53.1 Å². The van der Waals surface area contributed by atoms with Gasteiger partial charge in [-0.1, -0.05) is 43.9 Å². The molecule has 0 unspecified atom stereocenters. The van der Waals surface area contributed by atoms with Gasteiger partial charge in [0.2, 0.25) is 6.79 Å². The number of benzene rings is 1. The molecule has 5 rings (SSSR count). The molecule has 0 radical (unpaired) electrons. The van der Waals surface area contributed by atoms with Gasteiger partial charge in [0.05, 0.1) is 11.4 Å². The van der Waals surface area contributed by atoms with Crippen LogP contribution in [0.25, 0.3) is 6.08 Å². The number of hydrogen-bond acceptors (Lipinski definition) is 8. The minimum Gasteiger partial charge on any atom is -0.454 e. The van der Waals surface area contributed by atoms with Gasteiger partial charge < -0.3 is 14.4 Å². The third-order valence-corrected chi connectivity index (χ3v) is 8.68. The number of ether oxygens (including phenoxy) is 2. The molecule has 8 nitrogen and oxygen atoms in total. The topological polar surface area (TPSA) is 87.8 Å². The second kappa shape index (κ2) is 10.8. The summed E-state index contributed by atoms with van der Waals surface area (Å²) in [4.78, 5) is 31.2. The fraction of sp³-hybridized carbons (Fsp3) is 0.429. The maximum Gasteiger partial charge on any atom is 0.270 e. The summed E-state index contributed by atoms with van der Waals surface area (Å²) in [5.74, 6) is 2.56. The summed E-state index contributed by atoms with van der Waals surface area (Å²) < 4.78 is 13.1. The number of thioether (sulfide) groups is 1. The molecule has 0 N–H and O–H groups in total. The molecule has 2 saturated heterocycles. The summed E-state index contributed by atoms with van der Waals surface area (Å²) in [6, 6.07) is 7.71. The van der Waals surface area contributed by atoms with Crippen molar-refractivity contribution < 1.29 is 14.3 Å². The summed E-state index contributed by atoms with van der Waals surface area (Å²) >= 11 is 6.85. The van der Waals surface area contributed by atoms with Crippen molar-refractivity contribution in [3.63, 3.8) is 0 Å². The smallest absolute Gasteiger partial charge is 0.270 e. The highest BCUT2D eigenvalue weighted by Crippen LogP contribution is 2.38. The second-order valence-electron chi connectivity index (χ2n) is 9.93. The Kier molecular flexibility index (Phi) is 7.50. The molecule has 0 bridgehead atoms. The van der Waals surface area contributed by atoms with Gasteiger partial charge in [-0.3, -0.25) is 19.1 Å². The molecule has 3 aliphatic heterocycles. The van der Waals surface area contributed by atoms with Crippen LogP contribution >= 0.6 is 24.0 Å². The SMILES string of the molecule is CCCn1c(N2CCC(C)CC2)c(/C=C2\SC(=S)N(Cc3ccc4c(c3)OCO4)C2=O)c(C)c(C#N)c1=O. The summed E-state index contributed by atoms with van der Waals surface area (Å²) in [6.45, 7) is 8.70. The number of nitriles is 1. The first kappa shape index (κ1) is 26.3. The van der Waals surface area contributed by atoms with Gasteiger partial charge in [-0.15, -0.1) is 0 Å². The van der Waals surface area contributed by atoms with Gasteiger partial charge in [-0.25, -0.2) is 0 Å². The normalized spacial score (nSPS) is 18.5. The minimum atomic E-state index is -0.270. The van der Waals surface area contributed by atoms with Crippen LogP contribution < -0.4 is 19.9 Å². The van der Waals surface area contributed by atoms with Gasteiger partial charge in [-0.2, -0.15) is 5.26 Å². The number of piperidine rings is 1. The number of nitrogens with zero attached hydrogens (tertiary/aromatic N) is 4. The Morgan fingerprint density at radius 2 is 1.95 bits per heavy atom. The number of pyridine rings is 1. The Morgan fingerprint density at radius 3 is 2.66 bits per heavy atom. The molecule has 38 heavy (non-hydrogen) atoms. The number of carbonyl (C=O) groups excluding carboxylic acids is 1. The Bertz CT molecular complexity index is 1430. The molecule has 2 fully saturated rings. The molecule has 1 aromatic heterocycles. The van der Waals surface area contributed by atoms with Crippen molar-refractivity contribution in [3.05, 3.63) is 55.7 Å². The predicted molar refractivity (Wildman–Crippen MR) is 152 cm³/mol. The molecular weight excluding hydrogens is 520 g/mol. The average Bonchev–Trinajstić information content (AvgIpc) is 3.47. The minimum absolute atomic E-state index is 0.120. The molecule has 10 heteroatoms. The number of rotatable bonds is 6. The standard InChI is InChI=1S/C28H30N4O4S2/c1-4-9-31-25(30-10-7-17(2)8-11-30)20(18(3)21(14-29)26(31)33)13-24-27(34)32(28(37)38-24)15-19-5-6-22-23(12-19)36-16-35-22/h5-6,12-13,17H,4,7-11,15-16H2,1-3H3/b24-13-. The van der Waals surface area contributed by atoms with Gasteiger partial charge in [0.15, 0.2) is 11.5 Å². The van der Waals surface area contributed by atoms with Gasteiger partial charge >= 0.3 is 0 Å². The lowest BCUT2D eigenvalue weighted by Gasteiger charge is -2.35. The highest BCUT2D eigenvalue weighted by molar-refractivity contribution is 8.26. The fourth-order valence-corrected chi connectivity index (χ4v) is 6.36. The highest BCUT2D eigenvalue weighted by Gasteiger charge is 2.34. The third kappa shape index (κ3) is 4.81. The van der Waals surface area contributed by atoms with Gasteiger partial charge in [0.25, 0.3) is 11.5 Å². The van der Waals surface area contributed by atoms with E-state index in [1.165, 1.54) is 11.8 Å². The molecule has 2 aromatic rings. The maximum absolute atomic E-state index is 13.6. The molecule has 1 aromatic carbocycles. The van der Waals surface area contributed by atoms with Crippen molar-refractivity contribution >= 4 is 46.1 Å². The van der Waals surface area contributed by atoms with Crippen molar-refractivity contribution in [1.29, 1.82) is 5.26 Å². The Morgan fingerprint density at radius 1 is 1.21 bits per heavy atom. The van der Waals surface area contributed by atoms with Crippen LogP contribution in [-0.2, 0) is 17.9 Å². The van der Waals surface area contributed by atoms with E-state index < -0.39 is 0 Å². The molecule has 3 aliphatic rings. The number of aromatic nitrogens is 1. The molecule has 4 heterocycles. The summed E-state index contributed by atoms with van der Waals surface area (Å²) in [5.41, 5.74) is 2.07. The lowest BCUT2D eigenvalue weighted by Crippen LogP contribution is -2.39. The zero-order chi connectivity index (χ0) is 27.0. The van der Waals surface area contributed by atoms with E-state index >= 15 is 0 Å². The summed E-state index contributed by atoms with van der Waals surface area (Å²) in [6.07, 6.45) is 4.63. The van der Waals surface area contributed by atoms with Gasteiger partial charge in [-0.05, 0) is 61.4 Å². The monoisotopic (exact) mass is 550 g/mol. The van der Waals surface area contributed by atoms with E-state index in [4.69, 9.17) is 21.7 Å². The maximum atomic E-state index is 13.6. The molecule has 0 saturated carbocycles. The first-order chi connectivity index (χ1) is 18.3. The molecular formula is C28H30N4O4S2. The quantitative estimate of drug-likeness (QED) is 0.374. The van der Waals surface area contributed by atoms with Crippen molar-refractivity contribution in [2.75, 3.05) is 24.8 Å². The van der Waals surface area contributed by atoms with E-state index in [-0.39, 0.29) is 23.8 Å². The molecule has 1 amide bonds. The third-order valence-electron chi connectivity index (χ3n) is 7.30. The van der Waals surface area contributed by atoms with Crippen LogP contribution in [0.15, 0.2) is 27.9 Å². The molecule has 0 spiro atoms. The number of carbonyl (C=O) groups is 1. The molecule has 0 aliphatic carbocycles. The Balaban J connectivity index is 1.55. The van der Waals surface area contributed by atoms with E-state index in [1.807, 2.05) is 31.2 Å². The van der Waals surface area contributed by atoms with Crippen LogP contribution in [0.3, 0.4) is 0 Å². The average molecular weight is 551 g/mol. The Hall–Kier alpha value is -3.29. The highest BCUT2D eigenvalue weighted by atomic mass is 32.2. The van der Waals surface area contributed by atoms with Crippen molar-refractivity contribution in [2.24, 2.45) is 5.92 Å². The summed E-state index contributed by atoms with van der Waals surface area (Å²) in [7, 11) is 0. The Labute approximate surface area is 231 Å². The second-order valence-corrected chi connectivity index (χ2v) is 11.6. The molecule has 198 valence electrons. The molecule has 0 atom stereocenters.